The normalized spacial score (nSPS) is 18.5. The van der Waals surface area contributed by atoms with Crippen molar-refractivity contribution in [1.29, 1.82) is 0 Å². The number of nitrogens with zero attached hydrogens (tertiary/aromatic N) is 2. The van der Waals surface area contributed by atoms with Crippen molar-refractivity contribution in [3.63, 3.8) is 0 Å². The van der Waals surface area contributed by atoms with Crippen molar-refractivity contribution in [1.82, 2.24) is 9.27 Å². The second-order valence-corrected chi connectivity index (χ2v) is 13.1. The van der Waals surface area contributed by atoms with Gasteiger partial charge in [-0.05, 0) is 76.5 Å². The number of carbonyl (C=O) groups excluding carboxylic acids is 3. The van der Waals surface area contributed by atoms with Crippen molar-refractivity contribution in [3.05, 3.63) is 87.9 Å². The van der Waals surface area contributed by atoms with E-state index in [0.29, 0.717) is 13.1 Å². The van der Waals surface area contributed by atoms with Gasteiger partial charge in [0.05, 0.1) is 16.7 Å². The van der Waals surface area contributed by atoms with Crippen molar-refractivity contribution in [2.45, 2.75) is 58.0 Å². The minimum Gasteiger partial charge on any atom is -0.478 e. The number of aliphatic hydroxyl groups excluding tert-OH is 1. The summed E-state index contributed by atoms with van der Waals surface area (Å²) in [5.74, 6) is -5.83. The van der Waals surface area contributed by atoms with Gasteiger partial charge in [-0.15, -0.1) is 0 Å². The highest BCUT2D eigenvalue weighted by Gasteiger charge is 2.48. The number of nitrogens with two attached hydrogens (primary N) is 1. The molecule has 4 atom stereocenters. The van der Waals surface area contributed by atoms with Crippen molar-refractivity contribution >= 4 is 41.5 Å². The summed E-state index contributed by atoms with van der Waals surface area (Å²) in [6.45, 7) is 9.69. The zero-order chi connectivity index (χ0) is 35.8. The number of aliphatic hydroxyl groups is 1. The Kier molecular flexibility index (Phi) is 12.4. The molecule has 0 bridgehead atoms. The van der Waals surface area contributed by atoms with Crippen LogP contribution in [0.2, 0.25) is 0 Å². The maximum absolute atomic E-state index is 12.2. The largest absolute Gasteiger partial charge is 0.478 e. The van der Waals surface area contributed by atoms with Crippen LogP contribution in [0.1, 0.15) is 57.5 Å². The molecule has 0 radical (unpaired) electrons. The highest BCUT2D eigenvalue weighted by atomic mass is 32.1. The highest BCUT2D eigenvalue weighted by molar-refractivity contribution is 7.05. The molecule has 48 heavy (non-hydrogen) atoms. The van der Waals surface area contributed by atoms with E-state index in [1.54, 1.807) is 49.2 Å². The van der Waals surface area contributed by atoms with Gasteiger partial charge in [0.25, 0.3) is 0 Å². The Balaban J connectivity index is 0.000000275. The first kappa shape index (κ1) is 37.6. The van der Waals surface area contributed by atoms with Crippen LogP contribution in [0.3, 0.4) is 0 Å². The Labute approximate surface area is 281 Å². The summed E-state index contributed by atoms with van der Waals surface area (Å²) < 4.78 is 19.1. The number of rotatable bonds is 9. The smallest absolute Gasteiger partial charge is 0.410 e. The summed E-state index contributed by atoms with van der Waals surface area (Å²) in [5, 5.41) is 28.2. The van der Waals surface area contributed by atoms with Crippen LogP contribution >= 0.6 is 11.5 Å². The third kappa shape index (κ3) is 9.82. The molecule has 2 aromatic carbocycles. The number of esters is 2. The van der Waals surface area contributed by atoms with Crippen LogP contribution in [-0.2, 0) is 29.3 Å². The van der Waals surface area contributed by atoms with Gasteiger partial charge < -0.3 is 40.2 Å². The Morgan fingerprint density at radius 2 is 1.35 bits per heavy atom. The lowest BCUT2D eigenvalue weighted by Crippen LogP contribution is -2.46. The first-order valence-electron chi connectivity index (χ1n) is 14.7. The minimum absolute atomic E-state index is 0.0332. The van der Waals surface area contributed by atoms with Gasteiger partial charge in [0.15, 0.2) is 0 Å². The van der Waals surface area contributed by atoms with E-state index in [1.807, 2.05) is 26.8 Å². The number of amides is 1. The third-order valence-electron chi connectivity index (χ3n) is 7.19. The van der Waals surface area contributed by atoms with E-state index in [0.717, 1.165) is 16.0 Å². The van der Waals surface area contributed by atoms with Crippen LogP contribution in [0.25, 0.3) is 0 Å². The molecule has 5 N–H and O–H groups in total. The number of hydrogen-bond acceptors (Lipinski definition) is 12. The summed E-state index contributed by atoms with van der Waals surface area (Å²) in [5.41, 5.74) is 6.92. The van der Waals surface area contributed by atoms with Gasteiger partial charge in [0.1, 0.15) is 5.60 Å². The summed E-state index contributed by atoms with van der Waals surface area (Å²) >= 11 is 1.30. The fraction of sp³-hybridized carbons (Fsp3) is 0.394. The number of carbonyl (C=O) groups is 5. The second kappa shape index (κ2) is 15.8. The van der Waals surface area contributed by atoms with E-state index < -0.39 is 53.3 Å². The fourth-order valence-corrected chi connectivity index (χ4v) is 5.35. The maximum Gasteiger partial charge on any atom is 0.410 e. The number of aryl methyl sites for hydroxylation is 2. The molecule has 1 amide bonds. The molecule has 1 saturated heterocycles. The second-order valence-electron chi connectivity index (χ2n) is 12.2. The number of aromatic nitrogens is 1. The summed E-state index contributed by atoms with van der Waals surface area (Å²) in [6.07, 6.45) is -3.16. The first-order valence-corrected chi connectivity index (χ1v) is 15.5. The average molecular weight is 686 g/mol. The van der Waals surface area contributed by atoms with E-state index in [-0.39, 0.29) is 23.7 Å². The summed E-state index contributed by atoms with van der Waals surface area (Å²) in [4.78, 5) is 61.9. The van der Waals surface area contributed by atoms with Gasteiger partial charge in [-0.3, -0.25) is 0 Å². The number of carboxylic acids is 2. The van der Waals surface area contributed by atoms with Gasteiger partial charge in [0.2, 0.25) is 12.2 Å². The van der Waals surface area contributed by atoms with Crippen LogP contribution in [0.4, 0.5) is 4.79 Å². The molecule has 1 aliphatic rings. The molecule has 1 aliphatic heterocycles. The van der Waals surface area contributed by atoms with Gasteiger partial charge in [-0.1, -0.05) is 35.4 Å². The SMILES string of the molecule is CC(C)(C)OC(=O)N1C[C@@H](CO)[C@](N)(c2ccns2)C1.Cc1ccc(C(=O)O[C@@H](C(=O)O)[C@@H](OC(=O)c2ccc(C)cc2)C(=O)O)cc1. The van der Waals surface area contributed by atoms with Crippen LogP contribution in [0.15, 0.2) is 60.8 Å². The molecule has 1 aromatic heterocycles. The molecule has 14 nitrogen and oxygen atoms in total. The number of likely N-dealkylation sites (tertiary alicyclic amines) is 1. The quantitative estimate of drug-likeness (QED) is 0.188. The molecule has 258 valence electrons. The minimum atomic E-state index is -2.22. The van der Waals surface area contributed by atoms with Crippen molar-refractivity contribution < 1.29 is 53.5 Å². The van der Waals surface area contributed by atoms with Crippen LogP contribution in [-0.4, -0.2) is 92.1 Å². The number of aliphatic carboxylic acids is 2. The third-order valence-corrected chi connectivity index (χ3v) is 8.13. The predicted molar refractivity (Wildman–Crippen MR) is 172 cm³/mol. The van der Waals surface area contributed by atoms with Crippen LogP contribution in [0, 0.1) is 19.8 Å². The lowest BCUT2D eigenvalue weighted by Gasteiger charge is -2.28. The number of carboxylic acid groups (broad SMARTS) is 2. The first-order chi connectivity index (χ1) is 22.4. The molecular formula is C33H39N3O11S. The number of hydrogen-bond donors (Lipinski definition) is 4. The molecule has 3 aromatic rings. The summed E-state index contributed by atoms with van der Waals surface area (Å²) in [7, 11) is 0. The standard InChI is InChI=1S/C20H18O8.C13H21N3O3S/c1-11-3-7-13(8-4-11)19(25)27-15(17(21)22)16(18(23)24)28-20(26)14-9-5-12(2)6-10-14;1-12(2,3)19-11(18)16-6-9(7-17)13(14,8-16)10-4-5-15-20-10/h3-10,15-16H,1-2H3,(H,21,22)(H,23,24);4-5,9,17H,6-8,14H2,1-3H3/t15-,16-;9-,13-/m10/s1. The monoisotopic (exact) mass is 685 g/mol. The molecule has 0 aliphatic carbocycles. The molecule has 15 heteroatoms. The van der Waals surface area contributed by atoms with Crippen molar-refractivity contribution in [2.75, 3.05) is 19.7 Å². The van der Waals surface area contributed by atoms with Crippen molar-refractivity contribution in [2.24, 2.45) is 11.7 Å². The molecule has 0 saturated carbocycles. The van der Waals surface area contributed by atoms with E-state index in [4.69, 9.17) is 19.9 Å². The highest BCUT2D eigenvalue weighted by Crippen LogP contribution is 2.36. The lowest BCUT2D eigenvalue weighted by atomic mass is 9.87. The lowest BCUT2D eigenvalue weighted by molar-refractivity contribution is -0.166. The molecule has 0 unspecified atom stereocenters. The molecule has 0 spiro atoms. The zero-order valence-electron chi connectivity index (χ0n) is 27.1. The van der Waals surface area contributed by atoms with E-state index in [1.165, 1.54) is 35.8 Å². The molecule has 4 rings (SSSR count). The maximum atomic E-state index is 12.2. The zero-order valence-corrected chi connectivity index (χ0v) is 27.9. The predicted octanol–water partition coefficient (Wildman–Crippen LogP) is 3.38. The molecular weight excluding hydrogens is 646 g/mol. The Bertz CT molecular complexity index is 1510. The summed E-state index contributed by atoms with van der Waals surface area (Å²) in [6, 6.07) is 13.9. The van der Waals surface area contributed by atoms with Gasteiger partial charge in [-0.2, -0.15) is 0 Å². The van der Waals surface area contributed by atoms with Crippen LogP contribution in [0.5, 0.6) is 0 Å². The fourth-order valence-electron chi connectivity index (χ4n) is 4.59. The Morgan fingerprint density at radius 3 is 1.71 bits per heavy atom. The number of ether oxygens (including phenoxy) is 3. The van der Waals surface area contributed by atoms with E-state index in [2.05, 4.69) is 4.37 Å². The topological polar surface area (TPSA) is 216 Å². The van der Waals surface area contributed by atoms with Gasteiger partial charge in [-0.25, -0.2) is 28.3 Å². The van der Waals surface area contributed by atoms with Gasteiger partial charge >= 0.3 is 30.0 Å². The van der Waals surface area contributed by atoms with Gasteiger partial charge in [0, 0.05) is 36.7 Å². The number of benzene rings is 2. The Hall–Kier alpha value is -4.86. The molecule has 1 fully saturated rings. The molecule has 2 heterocycles. The average Bonchev–Trinajstić information content (AvgIpc) is 3.68. The van der Waals surface area contributed by atoms with E-state index in [9.17, 15) is 39.3 Å². The Morgan fingerprint density at radius 1 is 0.896 bits per heavy atom. The van der Waals surface area contributed by atoms with Crippen LogP contribution < -0.4 is 5.73 Å². The van der Waals surface area contributed by atoms with E-state index >= 15 is 0 Å². The van der Waals surface area contributed by atoms with Crippen molar-refractivity contribution in [3.8, 4) is 0 Å².